The van der Waals surface area contributed by atoms with Gasteiger partial charge >= 0.3 is 5.97 Å². The van der Waals surface area contributed by atoms with Crippen LogP contribution in [0.3, 0.4) is 0 Å². The third-order valence-corrected chi connectivity index (χ3v) is 5.29. The summed E-state index contributed by atoms with van der Waals surface area (Å²) < 4.78 is 5.78. The van der Waals surface area contributed by atoms with E-state index >= 15 is 0 Å². The monoisotopic (exact) mass is 317 g/mol. The van der Waals surface area contributed by atoms with E-state index in [0.29, 0.717) is 18.1 Å². The number of carbonyl (C=O) groups is 1. The zero-order valence-corrected chi connectivity index (χ0v) is 14.0. The van der Waals surface area contributed by atoms with Gasteiger partial charge in [-0.25, -0.2) is 0 Å². The van der Waals surface area contributed by atoms with Gasteiger partial charge in [0.05, 0.1) is 6.61 Å². The van der Waals surface area contributed by atoms with Crippen molar-refractivity contribution in [3.05, 3.63) is 35.9 Å². The first-order valence-corrected chi connectivity index (χ1v) is 8.74. The average Bonchev–Trinajstić information content (AvgIpc) is 2.81. The fourth-order valence-electron chi connectivity index (χ4n) is 4.35. The van der Waals surface area contributed by atoms with Crippen molar-refractivity contribution in [1.82, 2.24) is 4.90 Å². The number of nitrogens with zero attached hydrogens (tertiary/aromatic N) is 1. The van der Waals surface area contributed by atoms with Crippen molar-refractivity contribution in [2.45, 2.75) is 69.7 Å². The average molecular weight is 317 g/mol. The molecule has 23 heavy (non-hydrogen) atoms. The number of hydrogen-bond donors (Lipinski definition) is 1. The van der Waals surface area contributed by atoms with E-state index in [9.17, 15) is 9.90 Å². The van der Waals surface area contributed by atoms with Gasteiger partial charge in [-0.3, -0.25) is 9.69 Å². The van der Waals surface area contributed by atoms with Gasteiger partial charge in [0.25, 0.3) is 0 Å². The fraction of sp³-hybridized carbons (Fsp3) is 0.632. The van der Waals surface area contributed by atoms with Crippen LogP contribution >= 0.6 is 0 Å². The van der Waals surface area contributed by atoms with Crippen molar-refractivity contribution in [3.8, 4) is 0 Å². The predicted molar refractivity (Wildman–Crippen MR) is 89.2 cm³/mol. The molecule has 2 bridgehead atoms. The van der Waals surface area contributed by atoms with E-state index in [0.717, 1.165) is 18.4 Å². The molecule has 4 atom stereocenters. The van der Waals surface area contributed by atoms with Crippen molar-refractivity contribution in [2.24, 2.45) is 0 Å². The maximum atomic E-state index is 12.5. The molecular weight excluding hydrogens is 290 g/mol. The van der Waals surface area contributed by atoms with Gasteiger partial charge in [-0.05, 0) is 32.3 Å². The van der Waals surface area contributed by atoms with Crippen LogP contribution in [-0.4, -0.2) is 46.8 Å². The largest absolute Gasteiger partial charge is 0.462 e. The molecule has 0 spiro atoms. The minimum Gasteiger partial charge on any atom is -0.462 e. The Kier molecular flexibility index (Phi) is 5.02. The minimum atomic E-state index is -0.572. The molecule has 3 rings (SSSR count). The molecule has 2 aliphatic heterocycles. The zero-order chi connectivity index (χ0) is 16.4. The van der Waals surface area contributed by atoms with Crippen LogP contribution < -0.4 is 0 Å². The normalized spacial score (nSPS) is 28.8. The van der Waals surface area contributed by atoms with Gasteiger partial charge in [-0.15, -0.1) is 0 Å². The molecule has 0 saturated carbocycles. The van der Waals surface area contributed by atoms with Crippen molar-refractivity contribution in [2.75, 3.05) is 6.61 Å². The molecule has 1 N–H and O–H groups in total. The number of carbonyl (C=O) groups excluding carboxylic acids is 1. The topological polar surface area (TPSA) is 49.8 Å². The van der Waals surface area contributed by atoms with E-state index in [2.05, 4.69) is 18.7 Å². The Morgan fingerprint density at radius 2 is 1.83 bits per heavy atom. The maximum Gasteiger partial charge on any atom is 0.316 e. The minimum absolute atomic E-state index is 0.00670. The fourth-order valence-corrected chi connectivity index (χ4v) is 4.35. The number of benzene rings is 1. The lowest BCUT2D eigenvalue weighted by atomic mass is 9.97. The van der Waals surface area contributed by atoms with E-state index in [1.54, 1.807) is 0 Å². The van der Waals surface area contributed by atoms with Crippen LogP contribution in [0, 0.1) is 0 Å². The van der Waals surface area contributed by atoms with Crippen molar-refractivity contribution >= 4 is 5.97 Å². The smallest absolute Gasteiger partial charge is 0.316 e. The van der Waals surface area contributed by atoms with Gasteiger partial charge < -0.3 is 9.84 Å². The van der Waals surface area contributed by atoms with Gasteiger partial charge in [0, 0.05) is 31.0 Å². The number of esters is 1. The summed E-state index contributed by atoms with van der Waals surface area (Å²) in [5.41, 5.74) is 0.822. The van der Waals surface area contributed by atoms with Crippen LogP contribution in [0.5, 0.6) is 0 Å². The van der Waals surface area contributed by atoms with Gasteiger partial charge in [0.15, 0.2) is 0 Å². The number of aliphatic hydroxyl groups excluding tert-OH is 1. The van der Waals surface area contributed by atoms with E-state index in [4.69, 9.17) is 4.74 Å². The van der Waals surface area contributed by atoms with Gasteiger partial charge in [0.1, 0.15) is 12.0 Å². The van der Waals surface area contributed by atoms with Gasteiger partial charge in [0.2, 0.25) is 0 Å². The summed E-state index contributed by atoms with van der Waals surface area (Å²) in [5.74, 6) is -0.863. The van der Waals surface area contributed by atoms with E-state index in [-0.39, 0.29) is 18.7 Å². The molecule has 1 aromatic carbocycles. The molecule has 126 valence electrons. The van der Waals surface area contributed by atoms with E-state index in [1.807, 2.05) is 30.3 Å². The lowest BCUT2D eigenvalue weighted by Crippen LogP contribution is -2.49. The molecular formula is C19H27NO3. The second kappa shape index (κ2) is 7.02. The Labute approximate surface area is 138 Å². The highest BCUT2D eigenvalue weighted by Crippen LogP contribution is 2.38. The third kappa shape index (κ3) is 3.43. The summed E-state index contributed by atoms with van der Waals surface area (Å²) in [4.78, 5) is 15.1. The predicted octanol–water partition coefficient (Wildman–Crippen LogP) is 2.71. The molecule has 1 aromatic rings. The van der Waals surface area contributed by atoms with E-state index < -0.39 is 5.92 Å². The van der Waals surface area contributed by atoms with Gasteiger partial charge in [-0.2, -0.15) is 0 Å². The Bertz CT molecular complexity index is 517. The van der Waals surface area contributed by atoms with Crippen molar-refractivity contribution in [1.29, 1.82) is 0 Å². The van der Waals surface area contributed by atoms with Crippen LogP contribution in [-0.2, 0) is 9.53 Å². The number of hydrogen-bond acceptors (Lipinski definition) is 4. The summed E-state index contributed by atoms with van der Waals surface area (Å²) in [6.45, 7) is 4.28. The lowest BCUT2D eigenvalue weighted by Gasteiger charge is -2.41. The van der Waals surface area contributed by atoms with Crippen LogP contribution in [0.2, 0.25) is 0 Å². The van der Waals surface area contributed by atoms with Crippen molar-refractivity contribution in [3.63, 3.8) is 0 Å². The first kappa shape index (κ1) is 16.5. The summed E-state index contributed by atoms with van der Waals surface area (Å²) in [6, 6.07) is 11.0. The summed E-state index contributed by atoms with van der Waals surface area (Å²) in [5, 5.41) is 9.60. The lowest BCUT2D eigenvalue weighted by molar-refractivity contribution is -0.155. The first-order chi connectivity index (χ1) is 11.1. The Balaban J connectivity index is 1.63. The summed E-state index contributed by atoms with van der Waals surface area (Å²) in [6.07, 6.45) is 4.26. The number of piperidine rings is 1. The number of ether oxygens (including phenoxy) is 1. The molecule has 1 unspecified atom stereocenters. The molecule has 2 fully saturated rings. The highest BCUT2D eigenvalue weighted by Gasteiger charge is 2.43. The number of fused-ring (bicyclic) bond motifs is 2. The molecule has 2 saturated heterocycles. The van der Waals surface area contributed by atoms with Crippen molar-refractivity contribution < 1.29 is 14.6 Å². The molecule has 4 heteroatoms. The third-order valence-electron chi connectivity index (χ3n) is 5.29. The second-order valence-corrected chi connectivity index (χ2v) is 7.10. The highest BCUT2D eigenvalue weighted by atomic mass is 16.5. The molecule has 0 aliphatic carbocycles. The summed E-state index contributed by atoms with van der Waals surface area (Å²) >= 11 is 0. The van der Waals surface area contributed by atoms with Gasteiger partial charge in [-0.1, -0.05) is 30.3 Å². The molecule has 0 radical (unpaired) electrons. The molecule has 4 nitrogen and oxygen atoms in total. The van der Waals surface area contributed by atoms with Crippen LogP contribution in [0.4, 0.5) is 0 Å². The Hall–Kier alpha value is -1.39. The standard InChI is InChI=1S/C19H27NO3/c1-13(2)20-15-8-9-16(20)11-17(10-15)23-19(22)18(12-21)14-6-4-3-5-7-14/h3-7,13,15-18,21H,8-12H2,1-2H3/t15-,16+,17?,18-/m1/s1. The highest BCUT2D eigenvalue weighted by molar-refractivity contribution is 5.78. The number of aliphatic hydroxyl groups is 1. The maximum absolute atomic E-state index is 12.5. The molecule has 2 heterocycles. The molecule has 2 aliphatic rings. The second-order valence-electron chi connectivity index (χ2n) is 7.10. The van der Waals surface area contributed by atoms with Crippen LogP contribution in [0.15, 0.2) is 30.3 Å². The van der Waals surface area contributed by atoms with E-state index in [1.165, 1.54) is 12.8 Å². The molecule has 0 aromatic heterocycles. The quantitative estimate of drug-likeness (QED) is 0.848. The Morgan fingerprint density at radius 3 is 2.35 bits per heavy atom. The van der Waals surface area contributed by atoms with Crippen LogP contribution in [0.25, 0.3) is 0 Å². The van der Waals surface area contributed by atoms with Crippen LogP contribution in [0.1, 0.15) is 51.0 Å². The molecule has 0 amide bonds. The Morgan fingerprint density at radius 1 is 1.22 bits per heavy atom. The first-order valence-electron chi connectivity index (χ1n) is 8.74. The zero-order valence-electron chi connectivity index (χ0n) is 14.0. The number of rotatable bonds is 5. The summed E-state index contributed by atoms with van der Waals surface area (Å²) in [7, 11) is 0. The SMILES string of the molecule is CC(C)N1[C@@H]2CC[C@H]1CC(OC(=O)[C@H](CO)c1ccccc1)C2.